The van der Waals surface area contributed by atoms with Gasteiger partial charge in [-0.3, -0.25) is 0 Å². The largest absolute Gasteiger partial charge is 1.00 e. The number of carboxylic acids is 2. The van der Waals surface area contributed by atoms with Gasteiger partial charge in [0.25, 0.3) is 0 Å². The zero-order valence-electron chi connectivity index (χ0n) is 5.71. The summed E-state index contributed by atoms with van der Waals surface area (Å²) in [6.45, 7) is 0. The molecule has 0 spiro atoms. The summed E-state index contributed by atoms with van der Waals surface area (Å²) < 4.78 is 0. The van der Waals surface area contributed by atoms with Gasteiger partial charge in [0.05, 0.1) is 0 Å². The predicted molar refractivity (Wildman–Crippen MR) is 20.0 cm³/mol. The average Bonchev–Trinajstić information content (AvgIpc) is 1.36. The van der Waals surface area contributed by atoms with Gasteiger partial charge in [-0.2, -0.15) is 0 Å². The summed E-state index contributed by atoms with van der Waals surface area (Å²) in [7, 11) is 0. The maximum Gasteiger partial charge on any atom is 1.00 e. The van der Waals surface area contributed by atoms with Gasteiger partial charge in [-0.25, -0.2) is 9.59 Å². The van der Waals surface area contributed by atoms with E-state index in [-0.39, 0.29) is 47.5 Å². The molecule has 0 radical (unpaired) electrons. The van der Waals surface area contributed by atoms with E-state index in [1.54, 1.807) is 0 Å². The van der Waals surface area contributed by atoms with Gasteiger partial charge in [0.15, 0.2) is 0 Å². The third-order valence-corrected chi connectivity index (χ3v) is 0.183. The van der Waals surface area contributed by atoms with Crippen LogP contribution in [-0.4, -0.2) is 27.6 Å². The minimum Gasteiger partial charge on any atom is -1.00 e. The molecule has 48 valence electrons. The quantitative estimate of drug-likeness (QED) is 0.277. The van der Waals surface area contributed by atoms with E-state index in [9.17, 15) is 0 Å². The van der Waals surface area contributed by atoms with Crippen molar-refractivity contribution in [3.63, 3.8) is 0 Å². The van der Waals surface area contributed by atoms with Gasteiger partial charge in [0.1, 0.15) is 0 Å². The SMILES string of the molecule is O.O=C(O)C(=O)O.[H-].[Li+].[Ti]. The van der Waals surface area contributed by atoms with Crippen molar-refractivity contribution < 1.29 is 67.3 Å². The van der Waals surface area contributed by atoms with E-state index >= 15 is 0 Å². The monoisotopic (exact) mass is 164 g/mol. The number of carbonyl (C=O) groups is 2. The Kier molecular flexibility index (Phi) is 28.1. The Labute approximate surface area is 79.3 Å². The maximum absolute atomic E-state index is 9.10. The molecule has 7 heteroatoms. The molecule has 4 N–H and O–H groups in total. The molecule has 9 heavy (non-hydrogen) atoms. The van der Waals surface area contributed by atoms with Crippen LogP contribution < -0.4 is 18.9 Å². The molecule has 0 aromatic heterocycles. The van der Waals surface area contributed by atoms with Gasteiger partial charge in [0.2, 0.25) is 0 Å². The molecule has 0 aliphatic heterocycles. The first kappa shape index (κ1) is 22.9. The molecule has 0 heterocycles. The fourth-order valence-electron chi connectivity index (χ4n) is 0. The van der Waals surface area contributed by atoms with E-state index in [0.717, 1.165) is 0 Å². The average molecular weight is 164 g/mol. The second-order valence-corrected chi connectivity index (χ2v) is 0.610. The third-order valence-electron chi connectivity index (χ3n) is 0.183. The van der Waals surface area contributed by atoms with Gasteiger partial charge < -0.3 is 17.1 Å². The second-order valence-electron chi connectivity index (χ2n) is 0.610. The molecule has 0 atom stereocenters. The number of hydrogen-bond acceptors (Lipinski definition) is 2. The van der Waals surface area contributed by atoms with E-state index in [1.807, 2.05) is 0 Å². The van der Waals surface area contributed by atoms with Crippen molar-refractivity contribution >= 4 is 11.9 Å². The maximum atomic E-state index is 9.10. The summed E-state index contributed by atoms with van der Waals surface area (Å²) in [6, 6.07) is 0. The predicted octanol–water partition coefficient (Wildman–Crippen LogP) is -4.56. The summed E-state index contributed by atoms with van der Waals surface area (Å²) in [5, 5.41) is 14.8. The molecule has 0 amide bonds. The van der Waals surface area contributed by atoms with Crippen LogP contribution in [0.1, 0.15) is 1.43 Å². The third kappa shape index (κ3) is 17.9. The first-order chi connectivity index (χ1) is 2.64. The number of aliphatic carboxylic acids is 2. The normalized spacial score (nSPS) is 4.89. The topological polar surface area (TPSA) is 106 Å². The Balaban J connectivity index is -0.0000000208. The van der Waals surface area contributed by atoms with Crippen molar-refractivity contribution in [1.82, 2.24) is 0 Å². The van der Waals surface area contributed by atoms with Crippen molar-refractivity contribution in [3.05, 3.63) is 0 Å². The van der Waals surface area contributed by atoms with Crippen LogP contribution in [0.5, 0.6) is 0 Å². The van der Waals surface area contributed by atoms with E-state index < -0.39 is 11.9 Å². The molecule has 0 aliphatic carbocycles. The summed E-state index contributed by atoms with van der Waals surface area (Å²) in [5.74, 6) is -3.65. The summed E-state index contributed by atoms with van der Waals surface area (Å²) in [4.78, 5) is 18.2. The van der Waals surface area contributed by atoms with Gasteiger partial charge in [-0.05, 0) is 0 Å². The Morgan fingerprint density at radius 2 is 1.22 bits per heavy atom. The van der Waals surface area contributed by atoms with Crippen LogP contribution in [0.25, 0.3) is 0 Å². The minimum absolute atomic E-state index is 0. The minimum atomic E-state index is -1.82. The zero-order valence-corrected chi connectivity index (χ0v) is 6.27. The van der Waals surface area contributed by atoms with E-state index in [2.05, 4.69) is 0 Å². The summed E-state index contributed by atoms with van der Waals surface area (Å²) in [5.41, 5.74) is 0. The van der Waals surface area contributed by atoms with Crippen molar-refractivity contribution in [2.75, 3.05) is 0 Å². The molecule has 0 aromatic rings. The molecule has 0 rings (SSSR count). The number of carboxylic acid groups (broad SMARTS) is 2. The van der Waals surface area contributed by atoms with Gasteiger partial charge in [-0.15, -0.1) is 0 Å². The van der Waals surface area contributed by atoms with E-state index in [0.29, 0.717) is 0 Å². The van der Waals surface area contributed by atoms with Gasteiger partial charge >= 0.3 is 30.8 Å². The summed E-state index contributed by atoms with van der Waals surface area (Å²) >= 11 is 0. The molecule has 0 saturated carbocycles. The zero-order chi connectivity index (χ0) is 5.15. The first-order valence-corrected chi connectivity index (χ1v) is 1.11. The molecular weight excluding hydrogens is 159 g/mol. The molecule has 0 aliphatic rings. The van der Waals surface area contributed by atoms with E-state index in [1.165, 1.54) is 0 Å². The van der Waals surface area contributed by atoms with E-state index in [4.69, 9.17) is 19.8 Å². The molecular formula is C2H5LiO5Ti. The Bertz CT molecular complexity index is 85.6. The summed E-state index contributed by atoms with van der Waals surface area (Å²) in [6.07, 6.45) is 0. The van der Waals surface area contributed by atoms with Crippen molar-refractivity contribution in [1.29, 1.82) is 0 Å². The van der Waals surface area contributed by atoms with Gasteiger partial charge in [0, 0.05) is 21.7 Å². The molecule has 0 aromatic carbocycles. The van der Waals surface area contributed by atoms with Gasteiger partial charge in [-0.1, -0.05) is 0 Å². The fourth-order valence-corrected chi connectivity index (χ4v) is 0. The number of hydrogen-bond donors (Lipinski definition) is 2. The second kappa shape index (κ2) is 11.1. The fraction of sp³-hybridized carbons (Fsp3) is 0. The van der Waals surface area contributed by atoms with Crippen LogP contribution in [0, 0.1) is 0 Å². The van der Waals surface area contributed by atoms with Crippen LogP contribution >= 0.6 is 0 Å². The van der Waals surface area contributed by atoms with Crippen LogP contribution in [0.2, 0.25) is 0 Å². The van der Waals surface area contributed by atoms with Crippen molar-refractivity contribution in [2.45, 2.75) is 0 Å². The van der Waals surface area contributed by atoms with Crippen molar-refractivity contribution in [2.24, 2.45) is 0 Å². The number of rotatable bonds is 0. The smallest absolute Gasteiger partial charge is 1.00 e. The van der Waals surface area contributed by atoms with Crippen LogP contribution in [0.15, 0.2) is 0 Å². The molecule has 0 saturated heterocycles. The molecule has 0 unspecified atom stereocenters. The van der Waals surface area contributed by atoms with Crippen molar-refractivity contribution in [3.8, 4) is 0 Å². The Morgan fingerprint density at radius 1 is 1.11 bits per heavy atom. The molecule has 0 fully saturated rings. The Hall–Kier alpha value is 0.212. The molecule has 0 bridgehead atoms. The van der Waals surface area contributed by atoms with Crippen LogP contribution in [0.3, 0.4) is 0 Å². The first-order valence-electron chi connectivity index (χ1n) is 1.11. The van der Waals surface area contributed by atoms with Crippen LogP contribution in [0.4, 0.5) is 0 Å². The standard InChI is InChI=1S/C2H2O4.Li.H2O.Ti.H/c3-1(4)2(5)6;;;;/h(H,3,4)(H,5,6);;1H2;;/q;+1;;;-1. The molecule has 5 nitrogen and oxygen atoms in total. The van der Waals surface area contributed by atoms with Crippen LogP contribution in [-0.2, 0) is 31.3 Å². The Morgan fingerprint density at radius 3 is 1.22 bits per heavy atom.